The van der Waals surface area contributed by atoms with Crippen LogP contribution < -0.4 is 10.0 Å². The number of nitrogens with zero attached hydrogens (tertiary/aromatic N) is 4. The molecule has 0 spiro atoms. The van der Waals surface area contributed by atoms with Crippen LogP contribution in [0.3, 0.4) is 0 Å². The maximum absolute atomic E-state index is 12.5. The van der Waals surface area contributed by atoms with E-state index >= 15 is 0 Å². The van der Waals surface area contributed by atoms with Gasteiger partial charge >= 0.3 is 0 Å². The first kappa shape index (κ1) is 24.7. The van der Waals surface area contributed by atoms with Crippen LogP contribution in [0.5, 0.6) is 0 Å². The zero-order valence-electron chi connectivity index (χ0n) is 20.6. The summed E-state index contributed by atoms with van der Waals surface area (Å²) in [6.45, 7) is 7.19. The van der Waals surface area contributed by atoms with E-state index in [1.165, 1.54) is 16.7 Å². The number of nitrogens with one attached hydrogen (secondary N) is 2. The monoisotopic (exact) mass is 490 g/mol. The molecule has 0 saturated heterocycles. The third kappa shape index (κ3) is 5.64. The predicted octanol–water partition coefficient (Wildman–Crippen LogP) is 4.20. The number of benzene rings is 3. The first-order valence-electron chi connectivity index (χ1n) is 11.4. The van der Waals surface area contributed by atoms with Crippen molar-refractivity contribution < 1.29 is 8.42 Å². The molecule has 182 valence electrons. The van der Waals surface area contributed by atoms with Crippen LogP contribution in [0.2, 0.25) is 0 Å². The maximum atomic E-state index is 12.5. The van der Waals surface area contributed by atoms with Crippen molar-refractivity contribution >= 4 is 32.7 Å². The van der Waals surface area contributed by atoms with Gasteiger partial charge in [0.1, 0.15) is 5.52 Å². The highest BCUT2D eigenvalue weighted by molar-refractivity contribution is 7.89. The van der Waals surface area contributed by atoms with Crippen LogP contribution in [0.1, 0.15) is 16.7 Å². The number of rotatable bonds is 8. The molecule has 0 fully saturated rings. The molecule has 4 rings (SSSR count). The van der Waals surface area contributed by atoms with E-state index in [-0.39, 0.29) is 4.90 Å². The predicted molar refractivity (Wildman–Crippen MR) is 140 cm³/mol. The molecular formula is C26H30N6O2S. The lowest BCUT2D eigenvalue weighted by molar-refractivity contribution is 0.412. The first-order chi connectivity index (χ1) is 16.6. The standard InChI is InChI=1S/C26H30N6O2S/c1-17-7-6-8-18(2)24(17)20-15-19(3)25-23(16-20)30-31-26(29-25)28-21-9-11-22(12-10-21)35(33,34)27-13-14-32(4)5/h6-12,15-16,27H,13-14H2,1-5H3,(H,28,29,31). The molecule has 8 nitrogen and oxygen atoms in total. The Hall–Kier alpha value is -3.40. The largest absolute Gasteiger partial charge is 0.323 e. The van der Waals surface area contributed by atoms with Crippen LogP contribution in [-0.4, -0.2) is 55.7 Å². The molecule has 0 aliphatic heterocycles. The summed E-state index contributed by atoms with van der Waals surface area (Å²) in [4.78, 5) is 6.78. The fraction of sp³-hybridized carbons (Fsp3) is 0.269. The van der Waals surface area contributed by atoms with Crippen LogP contribution in [0.15, 0.2) is 59.5 Å². The number of likely N-dealkylation sites (N-methyl/N-ethyl adjacent to an activating group) is 1. The lowest BCUT2D eigenvalue weighted by Gasteiger charge is -2.13. The van der Waals surface area contributed by atoms with Gasteiger partial charge in [0.15, 0.2) is 0 Å². The van der Waals surface area contributed by atoms with Gasteiger partial charge in [0.25, 0.3) is 0 Å². The second kappa shape index (κ2) is 10.1. The zero-order valence-corrected chi connectivity index (χ0v) is 21.4. The van der Waals surface area contributed by atoms with Gasteiger partial charge in [-0.3, -0.25) is 0 Å². The number of hydrogen-bond acceptors (Lipinski definition) is 7. The van der Waals surface area contributed by atoms with Gasteiger partial charge in [-0.25, -0.2) is 18.1 Å². The molecule has 2 N–H and O–H groups in total. The van der Waals surface area contributed by atoms with Gasteiger partial charge in [-0.1, -0.05) is 18.2 Å². The van der Waals surface area contributed by atoms with E-state index in [0.717, 1.165) is 22.2 Å². The molecule has 3 aromatic carbocycles. The summed E-state index contributed by atoms with van der Waals surface area (Å²) in [7, 11) is 0.224. The van der Waals surface area contributed by atoms with Crippen molar-refractivity contribution in [3.63, 3.8) is 0 Å². The molecule has 0 aliphatic carbocycles. The van der Waals surface area contributed by atoms with Crippen LogP contribution in [0.4, 0.5) is 11.6 Å². The molecule has 35 heavy (non-hydrogen) atoms. The summed E-state index contributed by atoms with van der Waals surface area (Å²) in [5, 5.41) is 11.8. The average molecular weight is 491 g/mol. The molecule has 1 aromatic heterocycles. The lowest BCUT2D eigenvalue weighted by atomic mass is 9.94. The number of sulfonamides is 1. The van der Waals surface area contributed by atoms with Crippen molar-refractivity contribution in [2.24, 2.45) is 0 Å². The van der Waals surface area contributed by atoms with Gasteiger partial charge in [-0.2, -0.15) is 0 Å². The highest BCUT2D eigenvalue weighted by atomic mass is 32.2. The summed E-state index contributed by atoms with van der Waals surface area (Å²) in [5.41, 5.74) is 7.88. The quantitative estimate of drug-likeness (QED) is 0.382. The number of hydrogen-bond donors (Lipinski definition) is 2. The molecule has 0 bridgehead atoms. The summed E-state index contributed by atoms with van der Waals surface area (Å²) < 4.78 is 27.5. The Morgan fingerprint density at radius 1 is 0.886 bits per heavy atom. The van der Waals surface area contributed by atoms with E-state index in [9.17, 15) is 8.42 Å². The van der Waals surface area contributed by atoms with Gasteiger partial charge in [0.05, 0.1) is 10.4 Å². The van der Waals surface area contributed by atoms with Crippen LogP contribution >= 0.6 is 0 Å². The van der Waals surface area contributed by atoms with E-state index in [2.05, 4.69) is 63.3 Å². The zero-order chi connectivity index (χ0) is 25.2. The molecular weight excluding hydrogens is 460 g/mol. The van der Waals surface area contributed by atoms with E-state index in [1.54, 1.807) is 24.3 Å². The number of anilines is 2. The van der Waals surface area contributed by atoms with Crippen molar-refractivity contribution in [2.75, 3.05) is 32.5 Å². The normalized spacial score (nSPS) is 11.8. The first-order valence-corrected chi connectivity index (χ1v) is 12.9. The Morgan fingerprint density at radius 2 is 1.57 bits per heavy atom. The highest BCUT2D eigenvalue weighted by Gasteiger charge is 2.14. The van der Waals surface area contributed by atoms with Crippen molar-refractivity contribution in [1.82, 2.24) is 24.8 Å². The lowest BCUT2D eigenvalue weighted by Crippen LogP contribution is -2.31. The Labute approximate surface area is 206 Å². The molecule has 0 aliphatic rings. The smallest absolute Gasteiger partial charge is 0.247 e. The SMILES string of the molecule is Cc1cccc(C)c1-c1cc(C)c2nc(Nc3ccc(S(=O)(=O)NCCN(C)C)cc3)nnc2c1. The highest BCUT2D eigenvalue weighted by Crippen LogP contribution is 2.31. The summed E-state index contributed by atoms with van der Waals surface area (Å²) in [5.74, 6) is 0.347. The summed E-state index contributed by atoms with van der Waals surface area (Å²) >= 11 is 0. The van der Waals surface area contributed by atoms with E-state index in [0.29, 0.717) is 24.7 Å². The maximum Gasteiger partial charge on any atom is 0.247 e. The van der Waals surface area contributed by atoms with Gasteiger partial charge in [-0.15, -0.1) is 10.2 Å². The van der Waals surface area contributed by atoms with Gasteiger partial charge in [-0.05, 0) is 99.1 Å². The summed E-state index contributed by atoms with van der Waals surface area (Å²) in [6, 6.07) is 16.9. The molecule has 0 radical (unpaired) electrons. The average Bonchev–Trinajstić information content (AvgIpc) is 2.79. The van der Waals surface area contributed by atoms with Crippen molar-refractivity contribution in [1.29, 1.82) is 0 Å². The molecule has 0 saturated carbocycles. The molecule has 4 aromatic rings. The molecule has 9 heteroatoms. The van der Waals surface area contributed by atoms with Crippen LogP contribution in [0, 0.1) is 20.8 Å². The minimum atomic E-state index is -3.56. The summed E-state index contributed by atoms with van der Waals surface area (Å²) in [6.07, 6.45) is 0. The van der Waals surface area contributed by atoms with Gasteiger partial charge in [0, 0.05) is 18.8 Å². The Bertz CT molecular complexity index is 1450. The molecule has 0 unspecified atom stereocenters. The van der Waals surface area contributed by atoms with Gasteiger partial charge in [0.2, 0.25) is 16.0 Å². The number of fused-ring (bicyclic) bond motifs is 1. The van der Waals surface area contributed by atoms with E-state index in [4.69, 9.17) is 0 Å². The van der Waals surface area contributed by atoms with Gasteiger partial charge < -0.3 is 10.2 Å². The van der Waals surface area contributed by atoms with Crippen LogP contribution in [0.25, 0.3) is 22.2 Å². The minimum Gasteiger partial charge on any atom is -0.323 e. The fourth-order valence-corrected chi connectivity index (χ4v) is 5.03. The molecule has 0 atom stereocenters. The fourth-order valence-electron chi connectivity index (χ4n) is 4.01. The third-order valence-electron chi connectivity index (χ3n) is 5.79. The van der Waals surface area contributed by atoms with E-state index < -0.39 is 10.0 Å². The van der Waals surface area contributed by atoms with Crippen molar-refractivity contribution in [3.05, 3.63) is 71.3 Å². The second-order valence-electron chi connectivity index (χ2n) is 8.91. The minimum absolute atomic E-state index is 0.203. The van der Waals surface area contributed by atoms with Crippen LogP contribution in [-0.2, 0) is 10.0 Å². The number of aromatic nitrogens is 3. The Morgan fingerprint density at radius 3 is 2.23 bits per heavy atom. The number of aryl methyl sites for hydroxylation is 3. The molecule has 1 heterocycles. The van der Waals surface area contributed by atoms with Crippen molar-refractivity contribution in [3.8, 4) is 11.1 Å². The van der Waals surface area contributed by atoms with Crippen molar-refractivity contribution in [2.45, 2.75) is 25.7 Å². The Kier molecular flexibility index (Phi) is 7.11. The van der Waals surface area contributed by atoms with E-state index in [1.807, 2.05) is 32.0 Å². The second-order valence-corrected chi connectivity index (χ2v) is 10.7. The Balaban J connectivity index is 1.55. The third-order valence-corrected chi connectivity index (χ3v) is 7.27. The molecule has 0 amide bonds. The topological polar surface area (TPSA) is 100 Å².